The lowest BCUT2D eigenvalue weighted by Crippen LogP contribution is -2.52. The van der Waals surface area contributed by atoms with Gasteiger partial charge in [-0.1, -0.05) is 0 Å². The maximum atomic E-state index is 12.2. The molecule has 1 saturated heterocycles. The number of carbonyl (C=O) groups is 1. The molecule has 1 aromatic rings. The second-order valence-electron chi connectivity index (χ2n) is 4.91. The highest BCUT2D eigenvalue weighted by Crippen LogP contribution is 2.07. The first-order chi connectivity index (χ1) is 9.27. The van der Waals surface area contributed by atoms with Crippen molar-refractivity contribution in [2.75, 3.05) is 26.2 Å². The van der Waals surface area contributed by atoms with Gasteiger partial charge in [-0.25, -0.2) is 5.14 Å². The average molecular weight is 301 g/mol. The Hall–Kier alpha value is -1.45. The van der Waals surface area contributed by atoms with E-state index in [0.29, 0.717) is 13.1 Å². The Morgan fingerprint density at radius 1 is 1.30 bits per heavy atom. The number of amides is 1. The van der Waals surface area contributed by atoms with Crippen molar-refractivity contribution in [3.8, 4) is 0 Å². The van der Waals surface area contributed by atoms with Crippen molar-refractivity contribution < 1.29 is 13.2 Å². The van der Waals surface area contributed by atoms with Crippen molar-refractivity contribution in [2.45, 2.75) is 20.4 Å². The number of carbonyl (C=O) groups excluding carboxylic acids is 1. The van der Waals surface area contributed by atoms with E-state index in [0.717, 1.165) is 11.4 Å². The van der Waals surface area contributed by atoms with Gasteiger partial charge in [-0.05, 0) is 19.9 Å². The summed E-state index contributed by atoms with van der Waals surface area (Å²) in [4.78, 5) is 13.8. The number of aromatic nitrogens is 2. The summed E-state index contributed by atoms with van der Waals surface area (Å²) in [6.45, 7) is 5.13. The molecule has 0 aromatic carbocycles. The summed E-state index contributed by atoms with van der Waals surface area (Å²) in [7, 11) is -3.66. The van der Waals surface area contributed by atoms with Crippen LogP contribution in [0, 0.1) is 13.8 Å². The highest BCUT2D eigenvalue weighted by atomic mass is 32.2. The Bertz CT molecular complexity index is 602. The van der Waals surface area contributed by atoms with Gasteiger partial charge in [-0.2, -0.15) is 17.8 Å². The maximum absolute atomic E-state index is 12.2. The Balaban J connectivity index is 1.94. The monoisotopic (exact) mass is 301 g/mol. The summed E-state index contributed by atoms with van der Waals surface area (Å²) in [5, 5.41) is 9.30. The molecule has 8 nitrogen and oxygen atoms in total. The fourth-order valence-electron chi connectivity index (χ4n) is 2.26. The van der Waals surface area contributed by atoms with Crippen LogP contribution in [0.15, 0.2) is 6.07 Å². The molecular formula is C11H19N5O3S. The quantitative estimate of drug-likeness (QED) is 0.761. The van der Waals surface area contributed by atoms with E-state index >= 15 is 0 Å². The zero-order chi connectivity index (χ0) is 14.9. The Morgan fingerprint density at radius 2 is 1.90 bits per heavy atom. The average Bonchev–Trinajstić information content (AvgIpc) is 2.67. The van der Waals surface area contributed by atoms with Crippen LogP contribution in [0.3, 0.4) is 0 Å². The molecule has 2 heterocycles. The van der Waals surface area contributed by atoms with Crippen LogP contribution in [0.1, 0.15) is 11.4 Å². The summed E-state index contributed by atoms with van der Waals surface area (Å²) in [6.07, 6.45) is 0. The SMILES string of the molecule is Cc1cc(C)n(CC(=O)N2CCN(S(N)(=O)=O)CC2)n1. The minimum atomic E-state index is -3.66. The zero-order valence-electron chi connectivity index (χ0n) is 11.6. The van der Waals surface area contributed by atoms with Crippen LogP contribution in [0.4, 0.5) is 0 Å². The number of aryl methyl sites for hydroxylation is 2. The molecule has 1 aromatic heterocycles. The smallest absolute Gasteiger partial charge is 0.277 e. The predicted molar refractivity (Wildman–Crippen MR) is 73.0 cm³/mol. The fraction of sp³-hybridized carbons (Fsp3) is 0.636. The van der Waals surface area contributed by atoms with E-state index in [2.05, 4.69) is 5.10 Å². The van der Waals surface area contributed by atoms with E-state index in [1.165, 1.54) is 4.31 Å². The van der Waals surface area contributed by atoms with Crippen molar-refractivity contribution in [3.05, 3.63) is 17.5 Å². The van der Waals surface area contributed by atoms with E-state index in [1.54, 1.807) is 9.58 Å². The molecule has 1 aliphatic heterocycles. The van der Waals surface area contributed by atoms with Gasteiger partial charge in [0.05, 0.1) is 5.69 Å². The molecule has 1 aliphatic rings. The van der Waals surface area contributed by atoms with Gasteiger partial charge >= 0.3 is 0 Å². The fourth-order valence-corrected chi connectivity index (χ4v) is 2.93. The van der Waals surface area contributed by atoms with Crippen LogP contribution in [0.25, 0.3) is 0 Å². The second-order valence-corrected chi connectivity index (χ2v) is 6.46. The summed E-state index contributed by atoms with van der Waals surface area (Å²) in [5.41, 5.74) is 1.80. The molecule has 2 rings (SSSR count). The number of nitrogens with two attached hydrogens (primary N) is 1. The van der Waals surface area contributed by atoms with E-state index < -0.39 is 10.2 Å². The molecule has 2 N–H and O–H groups in total. The molecule has 0 spiro atoms. The number of nitrogens with zero attached hydrogens (tertiary/aromatic N) is 4. The minimum Gasteiger partial charge on any atom is -0.338 e. The minimum absolute atomic E-state index is 0.0646. The molecule has 0 aliphatic carbocycles. The van der Waals surface area contributed by atoms with Crippen molar-refractivity contribution in [1.82, 2.24) is 19.0 Å². The highest BCUT2D eigenvalue weighted by molar-refractivity contribution is 7.86. The van der Waals surface area contributed by atoms with Gasteiger partial charge in [-0.15, -0.1) is 0 Å². The van der Waals surface area contributed by atoms with Crippen molar-refractivity contribution >= 4 is 16.1 Å². The Labute approximate surface area is 118 Å². The summed E-state index contributed by atoms with van der Waals surface area (Å²) < 4.78 is 25.2. The maximum Gasteiger partial charge on any atom is 0.277 e. The van der Waals surface area contributed by atoms with E-state index in [9.17, 15) is 13.2 Å². The van der Waals surface area contributed by atoms with Gasteiger partial charge in [0, 0.05) is 31.9 Å². The third-order valence-electron chi connectivity index (χ3n) is 3.34. The van der Waals surface area contributed by atoms with E-state index in [-0.39, 0.29) is 25.5 Å². The second kappa shape index (κ2) is 5.51. The predicted octanol–water partition coefficient (Wildman–Crippen LogP) is -1.15. The van der Waals surface area contributed by atoms with Crippen LogP contribution in [-0.2, 0) is 21.5 Å². The van der Waals surface area contributed by atoms with E-state index in [4.69, 9.17) is 5.14 Å². The molecule has 0 radical (unpaired) electrons. The molecule has 0 bridgehead atoms. The molecule has 9 heteroatoms. The lowest BCUT2D eigenvalue weighted by Gasteiger charge is -2.33. The first kappa shape index (κ1) is 14.9. The molecule has 112 valence electrons. The first-order valence-corrected chi connectivity index (χ1v) is 7.84. The number of rotatable bonds is 3. The molecule has 0 atom stereocenters. The third kappa shape index (κ3) is 3.35. The molecule has 1 amide bonds. The third-order valence-corrected chi connectivity index (χ3v) is 4.42. The van der Waals surface area contributed by atoms with Crippen LogP contribution in [0.5, 0.6) is 0 Å². The van der Waals surface area contributed by atoms with Gasteiger partial charge in [0.25, 0.3) is 10.2 Å². The normalized spacial score (nSPS) is 17.4. The van der Waals surface area contributed by atoms with Crippen LogP contribution in [-0.4, -0.2) is 59.5 Å². The van der Waals surface area contributed by atoms with Crippen LogP contribution < -0.4 is 5.14 Å². The molecule has 0 saturated carbocycles. The van der Waals surface area contributed by atoms with Crippen molar-refractivity contribution in [3.63, 3.8) is 0 Å². The first-order valence-electron chi connectivity index (χ1n) is 6.34. The Kier molecular flexibility index (Phi) is 4.11. The molecule has 20 heavy (non-hydrogen) atoms. The molecule has 0 unspecified atom stereocenters. The van der Waals surface area contributed by atoms with Gasteiger partial charge < -0.3 is 4.90 Å². The van der Waals surface area contributed by atoms with Gasteiger partial charge in [0.2, 0.25) is 5.91 Å². The van der Waals surface area contributed by atoms with E-state index in [1.807, 2.05) is 19.9 Å². The molecular weight excluding hydrogens is 282 g/mol. The largest absolute Gasteiger partial charge is 0.338 e. The van der Waals surface area contributed by atoms with Gasteiger partial charge in [0.15, 0.2) is 0 Å². The summed E-state index contributed by atoms with van der Waals surface area (Å²) in [6, 6.07) is 1.91. The highest BCUT2D eigenvalue weighted by Gasteiger charge is 2.26. The topological polar surface area (TPSA) is 102 Å². The van der Waals surface area contributed by atoms with Crippen LogP contribution >= 0.6 is 0 Å². The standard InChI is InChI=1S/C11H19N5O3S/c1-9-7-10(2)16(13-9)8-11(17)14-3-5-15(6-4-14)20(12,18)19/h7H,3-6,8H2,1-2H3,(H2,12,18,19). The lowest BCUT2D eigenvalue weighted by molar-refractivity contribution is -0.133. The van der Waals surface area contributed by atoms with Crippen molar-refractivity contribution in [1.29, 1.82) is 0 Å². The lowest BCUT2D eigenvalue weighted by atomic mass is 10.3. The van der Waals surface area contributed by atoms with Gasteiger partial charge in [0.1, 0.15) is 6.54 Å². The molecule has 1 fully saturated rings. The summed E-state index contributed by atoms with van der Waals surface area (Å²) in [5.74, 6) is -0.0646. The number of hydrogen-bond donors (Lipinski definition) is 1. The number of piperazine rings is 1. The summed E-state index contributed by atoms with van der Waals surface area (Å²) >= 11 is 0. The Morgan fingerprint density at radius 3 is 2.35 bits per heavy atom. The number of hydrogen-bond acceptors (Lipinski definition) is 4. The van der Waals surface area contributed by atoms with Crippen LogP contribution in [0.2, 0.25) is 0 Å². The van der Waals surface area contributed by atoms with Gasteiger partial charge in [-0.3, -0.25) is 9.48 Å². The van der Waals surface area contributed by atoms with Crippen molar-refractivity contribution in [2.24, 2.45) is 5.14 Å². The zero-order valence-corrected chi connectivity index (χ0v) is 12.4.